The predicted molar refractivity (Wildman–Crippen MR) is 36.9 cm³/mol. The Labute approximate surface area is 53.9 Å². The van der Waals surface area contributed by atoms with Crippen LogP contribution in [-0.4, -0.2) is 0 Å². The van der Waals surface area contributed by atoms with Crippen LogP contribution >= 0.6 is 0 Å². The van der Waals surface area contributed by atoms with Gasteiger partial charge in [-0.05, 0) is 28.7 Å². The summed E-state index contributed by atoms with van der Waals surface area (Å²) in [6.07, 6.45) is 10.1. The molecule has 0 heterocycles. The molecule has 0 aromatic rings. The van der Waals surface area contributed by atoms with Crippen LogP contribution in [0.25, 0.3) is 0 Å². The summed E-state index contributed by atoms with van der Waals surface area (Å²) in [6, 6.07) is 0. The van der Waals surface area contributed by atoms with Crippen LogP contribution in [0, 0.1) is 0 Å². The lowest BCUT2D eigenvalue weighted by Gasteiger charge is -2.17. The molecule has 0 amide bonds. The lowest BCUT2D eigenvalue weighted by molar-refractivity contribution is 1.08. The first-order valence-corrected chi connectivity index (χ1v) is 3.28. The quantitative estimate of drug-likeness (QED) is 0.452. The molecule has 0 aromatic carbocycles. The van der Waals surface area contributed by atoms with Gasteiger partial charge in [0.15, 0.2) is 0 Å². The van der Waals surface area contributed by atoms with Gasteiger partial charge in [-0.3, -0.25) is 0 Å². The molecule has 0 saturated carbocycles. The van der Waals surface area contributed by atoms with E-state index in [1.54, 1.807) is 11.1 Å². The van der Waals surface area contributed by atoms with E-state index in [0.29, 0.717) is 0 Å². The first-order chi connectivity index (χ1) is 4.45. The van der Waals surface area contributed by atoms with Crippen LogP contribution in [0.5, 0.6) is 0 Å². The Morgan fingerprint density at radius 1 is 1.11 bits per heavy atom. The number of hydrogen-bond acceptors (Lipinski definition) is 0. The second-order valence-corrected chi connectivity index (χ2v) is 2.72. The van der Waals surface area contributed by atoms with Crippen molar-refractivity contribution in [3.8, 4) is 0 Å². The Kier molecular flexibility index (Phi) is 0.419. The maximum absolute atomic E-state index is 2.23. The van der Waals surface area contributed by atoms with Crippen molar-refractivity contribution in [1.29, 1.82) is 0 Å². The Hall–Kier alpha value is -1.04. The van der Waals surface area contributed by atoms with Crippen LogP contribution in [0.2, 0.25) is 0 Å². The molecule has 0 aliphatic heterocycles. The highest BCUT2D eigenvalue weighted by Crippen LogP contribution is 2.47. The number of hydrogen-bond donors (Lipinski definition) is 0. The van der Waals surface area contributed by atoms with E-state index in [1.165, 1.54) is 17.6 Å². The summed E-state index contributed by atoms with van der Waals surface area (Å²) in [4.78, 5) is 0. The summed E-state index contributed by atoms with van der Waals surface area (Å²) >= 11 is 0. The van der Waals surface area contributed by atoms with Crippen molar-refractivity contribution in [3.63, 3.8) is 0 Å². The van der Waals surface area contributed by atoms with E-state index in [4.69, 9.17) is 0 Å². The Bertz CT molecular complexity index is 309. The van der Waals surface area contributed by atoms with E-state index >= 15 is 0 Å². The standard InChI is InChI=1S/C9H6/c1-3-7-5-8-4-2-6(1)9(7)8/h1-4H,5H2. The van der Waals surface area contributed by atoms with Gasteiger partial charge < -0.3 is 0 Å². The van der Waals surface area contributed by atoms with Crippen LogP contribution in [0.3, 0.4) is 0 Å². The van der Waals surface area contributed by atoms with Crippen LogP contribution in [-0.2, 0) is 0 Å². The number of rotatable bonds is 0. The SMILES string of the molecule is C1=CC2=C3C1=CC=C3C2. The van der Waals surface area contributed by atoms with Crippen molar-refractivity contribution in [3.05, 3.63) is 46.6 Å². The maximum atomic E-state index is 2.23. The van der Waals surface area contributed by atoms with Crippen LogP contribution in [0.4, 0.5) is 0 Å². The minimum Gasteiger partial charge on any atom is -0.0575 e. The van der Waals surface area contributed by atoms with E-state index < -0.39 is 0 Å². The van der Waals surface area contributed by atoms with Gasteiger partial charge >= 0.3 is 0 Å². The first kappa shape index (κ1) is 3.89. The van der Waals surface area contributed by atoms with Gasteiger partial charge in [-0.25, -0.2) is 0 Å². The highest BCUT2D eigenvalue weighted by molar-refractivity contribution is 5.74. The predicted octanol–water partition coefficient (Wildman–Crippen LogP) is 2.12. The molecule has 3 aliphatic carbocycles. The fourth-order valence-corrected chi connectivity index (χ4v) is 1.74. The largest absolute Gasteiger partial charge is 0.0575 e. The Morgan fingerprint density at radius 2 is 2.11 bits per heavy atom. The van der Waals surface area contributed by atoms with Crippen LogP contribution < -0.4 is 0 Å². The summed E-state index contributed by atoms with van der Waals surface area (Å²) in [5, 5.41) is 0. The molecule has 0 radical (unpaired) electrons. The zero-order valence-corrected chi connectivity index (χ0v) is 5.02. The molecule has 0 atom stereocenters. The van der Waals surface area contributed by atoms with Gasteiger partial charge in [0.2, 0.25) is 0 Å². The van der Waals surface area contributed by atoms with Crippen molar-refractivity contribution >= 4 is 0 Å². The fraction of sp³-hybridized carbons (Fsp3) is 0.111. The molecule has 0 aromatic heterocycles. The molecule has 0 N–H and O–H groups in total. The molecular formula is C9H6. The summed E-state index contributed by atoms with van der Waals surface area (Å²) in [5.74, 6) is 0. The molecule has 0 heteroatoms. The smallest absolute Gasteiger partial charge is 0.00132 e. The highest BCUT2D eigenvalue weighted by atomic mass is 14.3. The van der Waals surface area contributed by atoms with Gasteiger partial charge in [0.1, 0.15) is 0 Å². The van der Waals surface area contributed by atoms with Gasteiger partial charge in [-0.1, -0.05) is 24.3 Å². The molecule has 9 heavy (non-hydrogen) atoms. The third-order valence-electron chi connectivity index (χ3n) is 2.24. The van der Waals surface area contributed by atoms with E-state index in [1.807, 2.05) is 0 Å². The monoisotopic (exact) mass is 114 g/mol. The lowest BCUT2D eigenvalue weighted by Crippen LogP contribution is -2.00. The van der Waals surface area contributed by atoms with Crippen LogP contribution in [0.15, 0.2) is 46.6 Å². The van der Waals surface area contributed by atoms with Crippen molar-refractivity contribution in [2.45, 2.75) is 6.42 Å². The highest BCUT2D eigenvalue weighted by Gasteiger charge is 2.29. The molecule has 0 nitrogen and oxygen atoms in total. The third-order valence-corrected chi connectivity index (χ3v) is 2.24. The summed E-state index contributed by atoms with van der Waals surface area (Å²) < 4.78 is 0. The fourth-order valence-electron chi connectivity index (χ4n) is 1.74. The average molecular weight is 114 g/mol. The topological polar surface area (TPSA) is 0 Å². The van der Waals surface area contributed by atoms with Crippen molar-refractivity contribution in [2.75, 3.05) is 0 Å². The minimum atomic E-state index is 1.21. The molecule has 0 bridgehead atoms. The molecule has 0 spiro atoms. The van der Waals surface area contributed by atoms with E-state index in [9.17, 15) is 0 Å². The Balaban J connectivity index is 2.44. The Morgan fingerprint density at radius 3 is 3.00 bits per heavy atom. The maximum Gasteiger partial charge on any atom is -0.00132 e. The number of allylic oxidation sites excluding steroid dienone is 8. The minimum absolute atomic E-state index is 1.21. The van der Waals surface area contributed by atoms with Gasteiger partial charge in [0, 0.05) is 0 Å². The molecule has 0 saturated heterocycles. The molecule has 0 fully saturated rings. The van der Waals surface area contributed by atoms with Gasteiger partial charge in [-0.15, -0.1) is 0 Å². The van der Waals surface area contributed by atoms with E-state index in [2.05, 4.69) is 24.3 Å². The van der Waals surface area contributed by atoms with Crippen molar-refractivity contribution in [2.24, 2.45) is 0 Å². The molecular weight excluding hydrogens is 108 g/mol. The average Bonchev–Trinajstić information content (AvgIpc) is 2.13. The van der Waals surface area contributed by atoms with Gasteiger partial charge in [0.05, 0.1) is 0 Å². The van der Waals surface area contributed by atoms with E-state index in [-0.39, 0.29) is 0 Å². The molecule has 3 rings (SSSR count). The zero-order chi connectivity index (χ0) is 5.84. The second kappa shape index (κ2) is 0.971. The second-order valence-electron chi connectivity index (χ2n) is 2.72. The first-order valence-electron chi connectivity index (χ1n) is 3.28. The summed E-state index contributed by atoms with van der Waals surface area (Å²) in [6.45, 7) is 0. The van der Waals surface area contributed by atoms with Crippen molar-refractivity contribution in [1.82, 2.24) is 0 Å². The normalized spacial score (nSPS) is 25.8. The molecule has 42 valence electrons. The summed E-state index contributed by atoms with van der Waals surface area (Å²) in [7, 11) is 0. The van der Waals surface area contributed by atoms with Crippen molar-refractivity contribution < 1.29 is 0 Å². The lowest BCUT2D eigenvalue weighted by atomic mass is 9.86. The molecule has 0 unspecified atom stereocenters. The van der Waals surface area contributed by atoms with Gasteiger partial charge in [-0.2, -0.15) is 0 Å². The van der Waals surface area contributed by atoms with Crippen LogP contribution in [0.1, 0.15) is 6.42 Å². The molecule has 3 aliphatic rings. The van der Waals surface area contributed by atoms with Gasteiger partial charge in [0.25, 0.3) is 0 Å². The summed E-state index contributed by atoms with van der Waals surface area (Å²) in [5.41, 5.74) is 6.07. The van der Waals surface area contributed by atoms with E-state index in [0.717, 1.165) is 0 Å². The third kappa shape index (κ3) is 0.275. The zero-order valence-electron chi connectivity index (χ0n) is 5.02.